The molecule has 0 fully saturated rings. The Bertz CT molecular complexity index is 736. The minimum Gasteiger partial charge on any atom is -0.496 e. The Morgan fingerprint density at radius 2 is 2.00 bits per heavy atom. The first-order valence-corrected chi connectivity index (χ1v) is 9.13. The first kappa shape index (κ1) is 14.6. The van der Waals surface area contributed by atoms with Crippen molar-refractivity contribution >= 4 is 34.4 Å². The van der Waals surface area contributed by atoms with Gasteiger partial charge in [-0.25, -0.2) is 9.97 Å². The van der Waals surface area contributed by atoms with Crippen molar-refractivity contribution in [3.05, 3.63) is 46.4 Å². The van der Waals surface area contributed by atoms with E-state index in [0.717, 1.165) is 37.8 Å². The third-order valence-corrected chi connectivity index (χ3v) is 5.93. The van der Waals surface area contributed by atoms with Crippen LogP contribution in [0.3, 0.4) is 0 Å². The lowest BCUT2D eigenvalue weighted by Crippen LogP contribution is -1.87. The number of benzene rings is 1. The summed E-state index contributed by atoms with van der Waals surface area (Å²) >= 11 is 5.07. The van der Waals surface area contributed by atoms with Crippen LogP contribution in [-0.2, 0) is 5.75 Å². The second-order valence-corrected chi connectivity index (χ2v) is 7.33. The van der Waals surface area contributed by atoms with Crippen LogP contribution in [0.15, 0.2) is 39.4 Å². The number of aromatic nitrogens is 2. The van der Waals surface area contributed by atoms with E-state index in [4.69, 9.17) is 9.72 Å². The van der Waals surface area contributed by atoms with Crippen LogP contribution < -0.4 is 4.74 Å². The van der Waals surface area contributed by atoms with Crippen molar-refractivity contribution in [2.24, 2.45) is 0 Å². The van der Waals surface area contributed by atoms with Crippen LogP contribution in [0.2, 0.25) is 0 Å². The molecule has 0 radical (unpaired) electrons. The van der Waals surface area contributed by atoms with Crippen LogP contribution in [0.25, 0.3) is 10.6 Å². The van der Waals surface area contributed by atoms with Gasteiger partial charge in [-0.3, -0.25) is 0 Å². The Kier molecular flexibility index (Phi) is 4.57. The van der Waals surface area contributed by atoms with E-state index in [2.05, 4.69) is 15.7 Å². The molecule has 2 aromatic heterocycles. The van der Waals surface area contributed by atoms with Gasteiger partial charge in [0.2, 0.25) is 0 Å². The number of hydrogen-bond donors (Lipinski definition) is 0. The lowest BCUT2D eigenvalue weighted by Gasteiger charge is -2.04. The molecule has 3 rings (SSSR count). The van der Waals surface area contributed by atoms with Gasteiger partial charge in [0.1, 0.15) is 15.1 Å². The van der Waals surface area contributed by atoms with Gasteiger partial charge < -0.3 is 4.74 Å². The van der Waals surface area contributed by atoms with Crippen molar-refractivity contribution in [2.45, 2.75) is 17.0 Å². The summed E-state index contributed by atoms with van der Waals surface area (Å²) in [4.78, 5) is 9.16. The third kappa shape index (κ3) is 3.45. The monoisotopic (exact) mass is 334 g/mol. The van der Waals surface area contributed by atoms with Crippen LogP contribution in [0.5, 0.6) is 5.75 Å². The standard InChI is InChI=1S/C15H14N2OS3/c1-10-7-20-15(16-10)21-9-11-8-19-14(17-11)12-5-3-4-6-13(12)18-2/h3-8H,9H2,1-2H3. The molecule has 0 amide bonds. The summed E-state index contributed by atoms with van der Waals surface area (Å²) in [5, 5.41) is 5.18. The lowest BCUT2D eigenvalue weighted by molar-refractivity contribution is 0.416. The van der Waals surface area contributed by atoms with E-state index in [-0.39, 0.29) is 0 Å². The van der Waals surface area contributed by atoms with Crippen LogP contribution in [0, 0.1) is 6.92 Å². The molecule has 6 heteroatoms. The summed E-state index contributed by atoms with van der Waals surface area (Å²) in [6, 6.07) is 7.98. The zero-order valence-electron chi connectivity index (χ0n) is 11.7. The molecule has 0 unspecified atom stereocenters. The number of nitrogens with zero attached hydrogens (tertiary/aromatic N) is 2. The summed E-state index contributed by atoms with van der Waals surface area (Å²) in [5.74, 6) is 1.71. The van der Waals surface area contributed by atoms with E-state index < -0.39 is 0 Å². The predicted octanol–water partition coefficient (Wildman–Crippen LogP) is 4.88. The van der Waals surface area contributed by atoms with E-state index in [9.17, 15) is 0 Å². The fourth-order valence-electron chi connectivity index (χ4n) is 1.85. The van der Waals surface area contributed by atoms with Crippen LogP contribution in [0.1, 0.15) is 11.4 Å². The van der Waals surface area contributed by atoms with Gasteiger partial charge in [0.05, 0.1) is 18.4 Å². The Morgan fingerprint density at radius 3 is 2.76 bits per heavy atom. The number of thiazole rings is 2. The average Bonchev–Trinajstić information content (AvgIpc) is 3.14. The lowest BCUT2D eigenvalue weighted by atomic mass is 10.2. The van der Waals surface area contributed by atoms with Gasteiger partial charge in [-0.1, -0.05) is 23.9 Å². The Morgan fingerprint density at radius 1 is 1.14 bits per heavy atom. The first-order chi connectivity index (χ1) is 10.3. The molecule has 1 aromatic carbocycles. The molecule has 0 atom stereocenters. The summed E-state index contributed by atoms with van der Waals surface area (Å²) in [6.45, 7) is 2.02. The molecular formula is C15H14N2OS3. The van der Waals surface area contributed by atoms with Gasteiger partial charge in [-0.05, 0) is 19.1 Å². The van der Waals surface area contributed by atoms with Crippen molar-refractivity contribution in [3.63, 3.8) is 0 Å². The predicted molar refractivity (Wildman–Crippen MR) is 90.5 cm³/mol. The highest BCUT2D eigenvalue weighted by Gasteiger charge is 2.10. The largest absolute Gasteiger partial charge is 0.496 e. The smallest absolute Gasteiger partial charge is 0.150 e. The highest BCUT2D eigenvalue weighted by molar-refractivity contribution is 8.00. The molecule has 0 saturated carbocycles. The number of ether oxygens (including phenoxy) is 1. The molecule has 0 bridgehead atoms. The SMILES string of the molecule is COc1ccccc1-c1nc(CSc2nc(C)cs2)cs1. The molecular weight excluding hydrogens is 320 g/mol. The number of methoxy groups -OCH3 is 1. The van der Waals surface area contributed by atoms with E-state index in [1.54, 1.807) is 41.5 Å². The number of hydrogen-bond acceptors (Lipinski definition) is 6. The van der Waals surface area contributed by atoms with Gasteiger partial charge in [-0.15, -0.1) is 22.7 Å². The second kappa shape index (κ2) is 6.60. The van der Waals surface area contributed by atoms with Gasteiger partial charge >= 0.3 is 0 Å². The number of rotatable bonds is 5. The third-order valence-electron chi connectivity index (χ3n) is 2.83. The Hall–Kier alpha value is -1.37. The van der Waals surface area contributed by atoms with Gasteiger partial charge in [0.15, 0.2) is 0 Å². The zero-order valence-corrected chi connectivity index (χ0v) is 14.1. The maximum atomic E-state index is 5.39. The maximum Gasteiger partial charge on any atom is 0.150 e. The zero-order chi connectivity index (χ0) is 14.7. The molecule has 3 nitrogen and oxygen atoms in total. The van der Waals surface area contributed by atoms with Crippen molar-refractivity contribution in [1.82, 2.24) is 9.97 Å². The van der Waals surface area contributed by atoms with Crippen LogP contribution >= 0.6 is 34.4 Å². The van der Waals surface area contributed by atoms with Gasteiger partial charge in [0, 0.05) is 22.2 Å². The van der Waals surface area contributed by atoms with Crippen molar-refractivity contribution in [1.29, 1.82) is 0 Å². The molecule has 0 aliphatic rings. The molecule has 0 aliphatic carbocycles. The average molecular weight is 334 g/mol. The minimum absolute atomic E-state index is 0.846. The van der Waals surface area contributed by atoms with Crippen LogP contribution in [0.4, 0.5) is 0 Å². The summed E-state index contributed by atoms with van der Waals surface area (Å²) in [7, 11) is 1.69. The Labute approximate surface area is 136 Å². The second-order valence-electron chi connectivity index (χ2n) is 4.39. The molecule has 3 aromatic rings. The number of para-hydroxylation sites is 1. The van der Waals surface area contributed by atoms with E-state index in [1.807, 2.05) is 31.2 Å². The molecule has 21 heavy (non-hydrogen) atoms. The summed E-state index contributed by atoms with van der Waals surface area (Å²) < 4.78 is 6.49. The molecule has 0 saturated heterocycles. The Balaban J connectivity index is 1.74. The molecule has 108 valence electrons. The molecule has 0 spiro atoms. The normalized spacial score (nSPS) is 10.8. The maximum absolute atomic E-state index is 5.39. The van der Waals surface area contributed by atoms with E-state index in [0.29, 0.717) is 0 Å². The van der Waals surface area contributed by atoms with Crippen molar-refractivity contribution in [3.8, 4) is 16.3 Å². The first-order valence-electron chi connectivity index (χ1n) is 6.39. The van der Waals surface area contributed by atoms with E-state index >= 15 is 0 Å². The van der Waals surface area contributed by atoms with Crippen LogP contribution in [-0.4, -0.2) is 17.1 Å². The van der Waals surface area contributed by atoms with Gasteiger partial charge in [-0.2, -0.15) is 0 Å². The quantitative estimate of drug-likeness (QED) is 0.623. The van der Waals surface area contributed by atoms with Gasteiger partial charge in [0.25, 0.3) is 0 Å². The highest BCUT2D eigenvalue weighted by atomic mass is 32.2. The fourth-order valence-corrected chi connectivity index (χ4v) is 4.55. The topological polar surface area (TPSA) is 35.0 Å². The summed E-state index contributed by atoms with van der Waals surface area (Å²) in [5.41, 5.74) is 3.21. The highest BCUT2D eigenvalue weighted by Crippen LogP contribution is 2.33. The van der Waals surface area contributed by atoms with Crippen molar-refractivity contribution < 1.29 is 4.74 Å². The van der Waals surface area contributed by atoms with Crippen molar-refractivity contribution in [2.75, 3.05) is 7.11 Å². The minimum atomic E-state index is 0.846. The summed E-state index contributed by atoms with van der Waals surface area (Å²) in [6.07, 6.45) is 0. The molecule has 0 N–H and O–H groups in total. The van der Waals surface area contributed by atoms with E-state index in [1.165, 1.54) is 0 Å². The molecule has 2 heterocycles. The number of thioether (sulfide) groups is 1. The number of aryl methyl sites for hydroxylation is 1. The molecule has 0 aliphatic heterocycles. The fraction of sp³-hybridized carbons (Fsp3) is 0.200.